The van der Waals surface area contributed by atoms with Crippen molar-refractivity contribution in [2.45, 2.75) is 26.8 Å². The lowest BCUT2D eigenvalue weighted by Crippen LogP contribution is -2.32. The first-order chi connectivity index (χ1) is 16.3. The number of hydrogen-bond donors (Lipinski definition) is 1. The maximum atomic E-state index is 13.5. The molecule has 0 radical (unpaired) electrons. The van der Waals surface area contributed by atoms with Crippen LogP contribution in [0.3, 0.4) is 0 Å². The van der Waals surface area contributed by atoms with Crippen LogP contribution in [0.5, 0.6) is 0 Å². The summed E-state index contributed by atoms with van der Waals surface area (Å²) in [5.74, 6) is -0.285. The molecule has 8 nitrogen and oxygen atoms in total. The first-order valence-corrected chi connectivity index (χ1v) is 11.0. The molecule has 0 saturated heterocycles. The number of fused-ring (bicyclic) bond motifs is 2. The van der Waals surface area contributed by atoms with Crippen molar-refractivity contribution in [1.82, 2.24) is 29.5 Å². The number of pyridine rings is 2. The molecule has 1 aromatic carbocycles. The van der Waals surface area contributed by atoms with E-state index in [1.54, 1.807) is 47.7 Å². The zero-order chi connectivity index (χ0) is 24.0. The Balaban J connectivity index is 1.55. The Labute approximate surface area is 195 Å². The molecule has 4 heterocycles. The van der Waals surface area contributed by atoms with E-state index in [2.05, 4.69) is 20.4 Å². The van der Waals surface area contributed by atoms with Gasteiger partial charge in [-0.3, -0.25) is 14.6 Å². The Hall–Kier alpha value is -4.33. The van der Waals surface area contributed by atoms with Crippen molar-refractivity contribution in [2.24, 2.45) is 7.05 Å². The molecule has 5 aromatic rings. The number of hydrogen-bond acceptors (Lipinski definition) is 5. The summed E-state index contributed by atoms with van der Waals surface area (Å²) in [6.07, 6.45) is 5.13. The molecule has 4 aromatic heterocycles. The van der Waals surface area contributed by atoms with Crippen LogP contribution in [0, 0.1) is 13.8 Å². The fourth-order valence-corrected chi connectivity index (χ4v) is 4.44. The molecule has 0 unspecified atom stereocenters. The van der Waals surface area contributed by atoms with Gasteiger partial charge in [0.25, 0.3) is 11.5 Å². The van der Waals surface area contributed by atoms with Gasteiger partial charge in [0.1, 0.15) is 5.56 Å². The zero-order valence-corrected chi connectivity index (χ0v) is 19.4. The number of benzene rings is 1. The second kappa shape index (κ2) is 8.22. The maximum absolute atomic E-state index is 13.5. The van der Waals surface area contributed by atoms with Crippen LogP contribution in [0.4, 0.5) is 0 Å². The van der Waals surface area contributed by atoms with Gasteiger partial charge in [0.05, 0.1) is 17.1 Å². The summed E-state index contributed by atoms with van der Waals surface area (Å²) < 4.78 is 3.19. The molecule has 0 saturated carbocycles. The van der Waals surface area contributed by atoms with Gasteiger partial charge in [-0.05, 0) is 61.5 Å². The second-order valence-electron chi connectivity index (χ2n) is 8.43. The van der Waals surface area contributed by atoms with Crippen LogP contribution < -0.4 is 10.9 Å². The average molecular weight is 453 g/mol. The lowest BCUT2D eigenvalue weighted by Gasteiger charge is -2.19. The van der Waals surface area contributed by atoms with Gasteiger partial charge in [-0.2, -0.15) is 5.10 Å². The summed E-state index contributed by atoms with van der Waals surface area (Å²) in [4.78, 5) is 35.2. The van der Waals surface area contributed by atoms with E-state index in [9.17, 15) is 9.59 Å². The van der Waals surface area contributed by atoms with Crippen molar-refractivity contribution in [2.75, 3.05) is 0 Å². The highest BCUT2D eigenvalue weighted by Crippen LogP contribution is 2.28. The zero-order valence-electron chi connectivity index (χ0n) is 19.4. The predicted molar refractivity (Wildman–Crippen MR) is 131 cm³/mol. The van der Waals surface area contributed by atoms with Crippen LogP contribution in [0.15, 0.2) is 65.8 Å². The molecule has 0 aliphatic heterocycles. The minimum atomic E-state index is -0.417. The van der Waals surface area contributed by atoms with Gasteiger partial charge in [0.15, 0.2) is 5.65 Å². The van der Waals surface area contributed by atoms with Gasteiger partial charge in [-0.25, -0.2) is 9.50 Å². The number of rotatable bonds is 4. The molecular formula is C26H24N6O2. The smallest absolute Gasteiger partial charge is 0.259 e. The maximum Gasteiger partial charge on any atom is 0.259 e. The third kappa shape index (κ3) is 3.53. The summed E-state index contributed by atoms with van der Waals surface area (Å²) in [5, 5.41) is 8.84. The third-order valence-electron chi connectivity index (χ3n) is 6.10. The van der Waals surface area contributed by atoms with Crippen molar-refractivity contribution in [3.8, 4) is 11.1 Å². The molecule has 1 atom stereocenters. The predicted octanol–water partition coefficient (Wildman–Crippen LogP) is 3.75. The first-order valence-electron chi connectivity index (χ1n) is 11.0. The first kappa shape index (κ1) is 21.5. The van der Waals surface area contributed by atoms with Crippen molar-refractivity contribution < 1.29 is 4.79 Å². The van der Waals surface area contributed by atoms with Gasteiger partial charge in [-0.1, -0.05) is 18.2 Å². The highest BCUT2D eigenvalue weighted by atomic mass is 16.2. The highest BCUT2D eigenvalue weighted by molar-refractivity contribution is 6.01. The van der Waals surface area contributed by atoms with Crippen molar-refractivity contribution in [3.05, 3.63) is 94.1 Å². The summed E-state index contributed by atoms with van der Waals surface area (Å²) >= 11 is 0. The van der Waals surface area contributed by atoms with E-state index in [0.717, 1.165) is 22.2 Å². The van der Waals surface area contributed by atoms with Crippen molar-refractivity contribution in [3.63, 3.8) is 0 Å². The summed E-state index contributed by atoms with van der Waals surface area (Å²) in [7, 11) is 1.73. The molecule has 1 amide bonds. The molecule has 34 heavy (non-hydrogen) atoms. The van der Waals surface area contributed by atoms with E-state index in [0.29, 0.717) is 28.0 Å². The Kier molecular flexibility index (Phi) is 5.20. The van der Waals surface area contributed by atoms with Gasteiger partial charge < -0.3 is 9.88 Å². The number of carbonyl (C=O) groups is 1. The standard InChI is InChI=1S/C26H24N6O2/c1-15-13-18(9-11-27-15)20-8-5-7-19-14-21(31(4)26(34)23(19)20)16(2)29-25(33)22-17(3)30-32-12-6-10-28-24(22)32/h5-14,16H,1-4H3,(H,29,33)/t16-/m0/s1. The Morgan fingerprint density at radius 3 is 2.68 bits per heavy atom. The van der Waals surface area contributed by atoms with Crippen LogP contribution in [-0.4, -0.2) is 30.1 Å². The molecule has 0 aliphatic carbocycles. The molecule has 1 N–H and O–H groups in total. The number of aryl methyl sites for hydroxylation is 2. The Morgan fingerprint density at radius 2 is 1.88 bits per heavy atom. The van der Waals surface area contributed by atoms with Crippen LogP contribution in [0.2, 0.25) is 0 Å². The van der Waals surface area contributed by atoms with Gasteiger partial charge >= 0.3 is 0 Å². The average Bonchev–Trinajstić information content (AvgIpc) is 3.16. The van der Waals surface area contributed by atoms with Crippen LogP contribution in [-0.2, 0) is 7.05 Å². The summed E-state index contributed by atoms with van der Waals surface area (Å²) in [6.45, 7) is 5.57. The third-order valence-corrected chi connectivity index (χ3v) is 6.10. The van der Waals surface area contributed by atoms with E-state index in [1.165, 1.54) is 0 Å². The van der Waals surface area contributed by atoms with Gasteiger partial charge in [0, 0.05) is 37.0 Å². The summed E-state index contributed by atoms with van der Waals surface area (Å²) in [5.41, 5.74) is 4.79. The lowest BCUT2D eigenvalue weighted by atomic mass is 9.98. The van der Waals surface area contributed by atoms with Gasteiger partial charge in [-0.15, -0.1) is 0 Å². The van der Waals surface area contributed by atoms with E-state index >= 15 is 0 Å². The molecular weight excluding hydrogens is 428 g/mol. The molecule has 0 bridgehead atoms. The molecule has 0 fully saturated rings. The molecule has 8 heteroatoms. The monoisotopic (exact) mass is 452 g/mol. The fraction of sp³-hybridized carbons (Fsp3) is 0.192. The summed E-state index contributed by atoms with van der Waals surface area (Å²) in [6, 6.07) is 13.0. The quantitative estimate of drug-likeness (QED) is 0.448. The minimum absolute atomic E-state index is 0.118. The number of nitrogens with one attached hydrogen (secondary N) is 1. The highest BCUT2D eigenvalue weighted by Gasteiger charge is 2.22. The van der Waals surface area contributed by atoms with Crippen LogP contribution >= 0.6 is 0 Å². The van der Waals surface area contributed by atoms with Crippen LogP contribution in [0.25, 0.3) is 27.5 Å². The number of amides is 1. The Bertz CT molecular complexity index is 1630. The normalized spacial score (nSPS) is 12.2. The lowest BCUT2D eigenvalue weighted by molar-refractivity contribution is 0.0939. The SMILES string of the molecule is Cc1cc(-c2cccc3cc([C@H](C)NC(=O)c4c(C)nn5cccnc45)n(C)c(=O)c23)ccn1. The van der Waals surface area contributed by atoms with Crippen molar-refractivity contribution >= 4 is 22.3 Å². The topological polar surface area (TPSA) is 94.2 Å². The second-order valence-corrected chi connectivity index (χ2v) is 8.43. The van der Waals surface area contributed by atoms with Gasteiger partial charge in [0.2, 0.25) is 0 Å². The molecule has 170 valence electrons. The Morgan fingerprint density at radius 1 is 1.06 bits per heavy atom. The van der Waals surface area contributed by atoms with Crippen molar-refractivity contribution in [1.29, 1.82) is 0 Å². The largest absolute Gasteiger partial charge is 0.344 e. The number of aromatic nitrogens is 5. The van der Waals surface area contributed by atoms with E-state index in [4.69, 9.17) is 0 Å². The molecule has 0 spiro atoms. The fourth-order valence-electron chi connectivity index (χ4n) is 4.44. The van der Waals surface area contributed by atoms with E-state index < -0.39 is 6.04 Å². The molecule has 5 rings (SSSR count). The number of nitrogens with zero attached hydrogens (tertiary/aromatic N) is 5. The van der Waals surface area contributed by atoms with E-state index in [-0.39, 0.29) is 11.5 Å². The molecule has 0 aliphatic rings. The van der Waals surface area contributed by atoms with Crippen LogP contribution in [0.1, 0.15) is 40.4 Å². The minimum Gasteiger partial charge on any atom is -0.344 e. The number of carbonyl (C=O) groups excluding carboxylic acids is 1. The van der Waals surface area contributed by atoms with E-state index in [1.807, 2.05) is 50.2 Å².